The van der Waals surface area contributed by atoms with Gasteiger partial charge in [-0.3, -0.25) is 9.69 Å². The molecule has 1 fully saturated rings. The predicted molar refractivity (Wildman–Crippen MR) is 85.0 cm³/mol. The normalized spacial score (nSPS) is 23.5. The molecule has 0 amide bonds. The number of aryl methyl sites for hydroxylation is 1. The van der Waals surface area contributed by atoms with E-state index in [4.69, 9.17) is 4.74 Å². The Kier molecular flexibility index (Phi) is 5.22. The molecule has 4 heteroatoms. The summed E-state index contributed by atoms with van der Waals surface area (Å²) in [4.78, 5) is 15.0. The minimum Gasteiger partial charge on any atom is -0.376 e. The third-order valence-electron chi connectivity index (χ3n) is 4.59. The highest BCUT2D eigenvalue weighted by atomic mass is 16.5. The highest BCUT2D eigenvalue weighted by Crippen LogP contribution is 2.19. The van der Waals surface area contributed by atoms with Gasteiger partial charge in [-0.15, -0.1) is 0 Å². The zero-order valence-electron chi connectivity index (χ0n) is 14.0. The zero-order valence-corrected chi connectivity index (χ0v) is 14.0. The summed E-state index contributed by atoms with van der Waals surface area (Å²) in [6.45, 7) is 13.5. The molecular weight excluding hydrogens is 264 g/mol. The van der Waals surface area contributed by atoms with Gasteiger partial charge in [0.25, 0.3) is 0 Å². The second-order valence-electron chi connectivity index (χ2n) is 6.09. The van der Waals surface area contributed by atoms with Crippen LogP contribution in [0.3, 0.4) is 0 Å². The monoisotopic (exact) mass is 292 g/mol. The van der Waals surface area contributed by atoms with E-state index < -0.39 is 0 Å². The molecule has 0 radical (unpaired) electrons. The summed E-state index contributed by atoms with van der Waals surface area (Å²) in [5, 5.41) is 0. The average Bonchev–Trinajstić information content (AvgIpc) is 2.73. The lowest BCUT2D eigenvalue weighted by molar-refractivity contribution is -0.0523. The third kappa shape index (κ3) is 3.38. The smallest absolute Gasteiger partial charge is 0.178 e. The van der Waals surface area contributed by atoms with Crippen LogP contribution in [0, 0.1) is 13.8 Å². The lowest BCUT2D eigenvalue weighted by Crippen LogP contribution is -2.50. The van der Waals surface area contributed by atoms with E-state index in [1.807, 2.05) is 13.0 Å². The van der Waals surface area contributed by atoms with Gasteiger partial charge >= 0.3 is 0 Å². The summed E-state index contributed by atoms with van der Waals surface area (Å²) >= 11 is 0. The minimum atomic E-state index is 0.212. The Bertz CT molecular complexity index is 507. The molecule has 0 aromatic carbocycles. The number of carbonyl (C=O) groups excluding carboxylic acids is 1. The van der Waals surface area contributed by atoms with Crippen molar-refractivity contribution in [3.63, 3.8) is 0 Å². The quantitative estimate of drug-likeness (QED) is 0.783. The summed E-state index contributed by atoms with van der Waals surface area (Å²) in [5.74, 6) is 0.232. The van der Waals surface area contributed by atoms with Gasteiger partial charge in [-0.2, -0.15) is 0 Å². The maximum Gasteiger partial charge on any atom is 0.178 e. The van der Waals surface area contributed by atoms with Crippen LogP contribution in [0.4, 0.5) is 0 Å². The van der Waals surface area contributed by atoms with Crippen molar-refractivity contribution in [1.29, 1.82) is 0 Å². The predicted octanol–water partition coefficient (Wildman–Crippen LogP) is 2.81. The first-order valence-corrected chi connectivity index (χ1v) is 8.03. The van der Waals surface area contributed by atoms with E-state index in [2.05, 4.69) is 37.2 Å². The summed E-state index contributed by atoms with van der Waals surface area (Å²) in [7, 11) is 0. The Balaban J connectivity index is 2.13. The summed E-state index contributed by atoms with van der Waals surface area (Å²) < 4.78 is 7.91. The number of ether oxygens (including phenoxy) is 1. The van der Waals surface area contributed by atoms with Crippen LogP contribution in [0.5, 0.6) is 0 Å². The molecule has 118 valence electrons. The van der Waals surface area contributed by atoms with Crippen LogP contribution < -0.4 is 0 Å². The van der Waals surface area contributed by atoms with Gasteiger partial charge in [0.05, 0.1) is 19.3 Å². The van der Waals surface area contributed by atoms with Crippen molar-refractivity contribution < 1.29 is 9.53 Å². The fraction of sp³-hybridized carbons (Fsp3) is 0.706. The molecular formula is C17H28N2O2. The Labute approximate surface area is 128 Å². The van der Waals surface area contributed by atoms with Gasteiger partial charge in [0.15, 0.2) is 5.78 Å². The first-order chi connectivity index (χ1) is 9.97. The lowest BCUT2D eigenvalue weighted by Gasteiger charge is -2.37. The van der Waals surface area contributed by atoms with Gasteiger partial charge in [-0.1, -0.05) is 6.92 Å². The van der Waals surface area contributed by atoms with E-state index in [1.54, 1.807) is 0 Å². The molecule has 2 unspecified atom stereocenters. The van der Waals surface area contributed by atoms with E-state index in [0.717, 1.165) is 37.4 Å². The average molecular weight is 292 g/mol. The van der Waals surface area contributed by atoms with Crippen molar-refractivity contribution in [2.75, 3.05) is 19.7 Å². The zero-order chi connectivity index (χ0) is 15.6. The van der Waals surface area contributed by atoms with Crippen molar-refractivity contribution in [2.45, 2.75) is 59.7 Å². The minimum absolute atomic E-state index is 0.212. The van der Waals surface area contributed by atoms with Crippen molar-refractivity contribution >= 4 is 5.78 Å². The Morgan fingerprint density at radius 2 is 2.10 bits per heavy atom. The van der Waals surface area contributed by atoms with Gasteiger partial charge in [0, 0.05) is 36.1 Å². The highest BCUT2D eigenvalue weighted by Gasteiger charge is 2.28. The first-order valence-electron chi connectivity index (χ1n) is 8.03. The number of morpholine rings is 1. The molecule has 1 saturated heterocycles. The summed E-state index contributed by atoms with van der Waals surface area (Å²) in [5.41, 5.74) is 3.14. The topological polar surface area (TPSA) is 34.5 Å². The highest BCUT2D eigenvalue weighted by molar-refractivity contribution is 5.99. The van der Waals surface area contributed by atoms with Gasteiger partial charge in [-0.05, 0) is 40.2 Å². The third-order valence-corrected chi connectivity index (χ3v) is 4.59. The molecule has 1 aliphatic heterocycles. The Morgan fingerprint density at radius 1 is 1.38 bits per heavy atom. The fourth-order valence-corrected chi connectivity index (χ4v) is 3.32. The van der Waals surface area contributed by atoms with Crippen molar-refractivity contribution in [3.8, 4) is 0 Å². The molecule has 1 aliphatic rings. The molecule has 0 N–H and O–H groups in total. The number of carbonyl (C=O) groups is 1. The lowest BCUT2D eigenvalue weighted by atomic mass is 10.1. The number of ketones is 1. The Hall–Kier alpha value is -1.13. The molecule has 1 aromatic heterocycles. The molecule has 0 spiro atoms. The van der Waals surface area contributed by atoms with E-state index >= 15 is 0 Å². The van der Waals surface area contributed by atoms with Crippen LogP contribution in [0.2, 0.25) is 0 Å². The number of aromatic nitrogens is 1. The van der Waals surface area contributed by atoms with E-state index in [9.17, 15) is 4.79 Å². The van der Waals surface area contributed by atoms with Crippen LogP contribution in [0.25, 0.3) is 0 Å². The van der Waals surface area contributed by atoms with Crippen molar-refractivity contribution in [3.05, 3.63) is 23.0 Å². The van der Waals surface area contributed by atoms with Gasteiger partial charge in [0.2, 0.25) is 0 Å². The van der Waals surface area contributed by atoms with Crippen LogP contribution in [-0.2, 0) is 11.3 Å². The molecule has 1 aromatic rings. The SMILES string of the molecule is CCC1COC(C)CN1CC(=O)c1cc(C)n(CC)c1C. The molecule has 21 heavy (non-hydrogen) atoms. The second kappa shape index (κ2) is 6.75. The fourth-order valence-electron chi connectivity index (χ4n) is 3.32. The maximum absolute atomic E-state index is 12.7. The van der Waals surface area contributed by atoms with Crippen LogP contribution in [0.1, 0.15) is 48.9 Å². The number of nitrogens with zero attached hydrogens (tertiary/aromatic N) is 2. The van der Waals surface area contributed by atoms with Gasteiger partial charge < -0.3 is 9.30 Å². The van der Waals surface area contributed by atoms with Gasteiger partial charge in [0.1, 0.15) is 0 Å². The Morgan fingerprint density at radius 3 is 2.67 bits per heavy atom. The van der Waals surface area contributed by atoms with E-state index in [1.165, 1.54) is 5.69 Å². The molecule has 0 bridgehead atoms. The molecule has 2 atom stereocenters. The van der Waals surface area contributed by atoms with Crippen molar-refractivity contribution in [2.24, 2.45) is 0 Å². The maximum atomic E-state index is 12.7. The van der Waals surface area contributed by atoms with Crippen LogP contribution >= 0.6 is 0 Å². The largest absolute Gasteiger partial charge is 0.376 e. The number of Topliss-reactive ketones (excluding diaryl/α,β-unsaturated/α-hetero) is 1. The van der Waals surface area contributed by atoms with Crippen LogP contribution in [0.15, 0.2) is 6.07 Å². The van der Waals surface area contributed by atoms with E-state index in [0.29, 0.717) is 12.6 Å². The van der Waals surface area contributed by atoms with Crippen LogP contribution in [-0.4, -0.2) is 47.1 Å². The number of hydrogen-bond donors (Lipinski definition) is 0. The second-order valence-corrected chi connectivity index (χ2v) is 6.09. The first kappa shape index (κ1) is 16.2. The van der Waals surface area contributed by atoms with E-state index in [-0.39, 0.29) is 11.9 Å². The molecule has 4 nitrogen and oxygen atoms in total. The molecule has 0 saturated carbocycles. The summed E-state index contributed by atoms with van der Waals surface area (Å²) in [6, 6.07) is 2.39. The summed E-state index contributed by atoms with van der Waals surface area (Å²) in [6.07, 6.45) is 1.23. The number of rotatable bonds is 5. The molecule has 2 rings (SSSR count). The van der Waals surface area contributed by atoms with Gasteiger partial charge in [-0.25, -0.2) is 0 Å². The molecule has 0 aliphatic carbocycles. The van der Waals surface area contributed by atoms with Crippen molar-refractivity contribution in [1.82, 2.24) is 9.47 Å². The number of hydrogen-bond acceptors (Lipinski definition) is 3. The molecule has 2 heterocycles. The standard InChI is InChI=1S/C17H28N2O2/c1-6-15-11-21-13(4)9-18(15)10-17(20)16-8-12(3)19(7-2)14(16)5/h8,13,15H,6-7,9-11H2,1-5H3.